The van der Waals surface area contributed by atoms with E-state index in [1.807, 2.05) is 17.0 Å². The number of hydrogen-bond donors (Lipinski definition) is 1. The van der Waals surface area contributed by atoms with Crippen molar-refractivity contribution in [2.75, 3.05) is 32.8 Å². The summed E-state index contributed by atoms with van der Waals surface area (Å²) >= 11 is 0. The normalized spacial score (nSPS) is 34.7. The van der Waals surface area contributed by atoms with E-state index < -0.39 is 5.60 Å². The number of rotatable bonds is 3. The van der Waals surface area contributed by atoms with Crippen molar-refractivity contribution in [2.24, 2.45) is 0 Å². The van der Waals surface area contributed by atoms with Crippen LogP contribution in [0.4, 0.5) is 0 Å². The Bertz CT molecular complexity index is 539. The SMILES string of the molecule is O=C(CN1[C@H]2CC[C@H]1CC(O)(c1ccco1)C2)N1CCOCC1. The minimum Gasteiger partial charge on any atom is -0.466 e. The van der Waals surface area contributed by atoms with E-state index in [4.69, 9.17) is 9.15 Å². The third kappa shape index (κ3) is 2.79. The summed E-state index contributed by atoms with van der Waals surface area (Å²) in [6, 6.07) is 4.19. The Morgan fingerprint density at radius 1 is 1.26 bits per heavy atom. The fourth-order valence-corrected chi connectivity index (χ4v) is 4.39. The molecule has 1 amide bonds. The Morgan fingerprint density at radius 3 is 2.57 bits per heavy atom. The van der Waals surface area contributed by atoms with E-state index in [0.717, 1.165) is 12.8 Å². The zero-order valence-corrected chi connectivity index (χ0v) is 13.3. The summed E-state index contributed by atoms with van der Waals surface area (Å²) in [5, 5.41) is 11.0. The first-order chi connectivity index (χ1) is 11.2. The van der Waals surface area contributed by atoms with Crippen LogP contribution in [0.1, 0.15) is 31.4 Å². The molecular weight excluding hydrogens is 296 g/mol. The van der Waals surface area contributed by atoms with Gasteiger partial charge in [0.1, 0.15) is 11.4 Å². The van der Waals surface area contributed by atoms with Crippen LogP contribution in [-0.4, -0.2) is 65.7 Å². The molecule has 6 heteroatoms. The number of carbonyl (C=O) groups is 1. The summed E-state index contributed by atoms with van der Waals surface area (Å²) in [7, 11) is 0. The van der Waals surface area contributed by atoms with Crippen molar-refractivity contribution in [3.8, 4) is 0 Å². The molecule has 1 aromatic heterocycles. The Hall–Kier alpha value is -1.37. The molecule has 0 radical (unpaired) electrons. The maximum absolute atomic E-state index is 12.5. The molecule has 0 saturated carbocycles. The summed E-state index contributed by atoms with van der Waals surface area (Å²) in [4.78, 5) is 16.7. The zero-order valence-electron chi connectivity index (χ0n) is 13.3. The monoisotopic (exact) mass is 320 g/mol. The lowest BCUT2D eigenvalue weighted by molar-refractivity contribution is -0.140. The third-order valence-electron chi connectivity index (χ3n) is 5.58. The summed E-state index contributed by atoms with van der Waals surface area (Å²) in [6.07, 6.45) is 5.00. The highest BCUT2D eigenvalue weighted by Crippen LogP contribution is 2.45. The molecule has 4 heterocycles. The molecule has 1 N–H and O–H groups in total. The average Bonchev–Trinajstić information content (AvgIpc) is 3.18. The van der Waals surface area contributed by atoms with Crippen molar-refractivity contribution >= 4 is 5.91 Å². The van der Waals surface area contributed by atoms with Crippen molar-refractivity contribution in [3.63, 3.8) is 0 Å². The first-order valence-electron chi connectivity index (χ1n) is 8.53. The second-order valence-corrected chi connectivity index (χ2v) is 6.97. The number of aliphatic hydroxyl groups is 1. The van der Waals surface area contributed by atoms with E-state index in [0.29, 0.717) is 51.4 Å². The molecule has 23 heavy (non-hydrogen) atoms. The molecule has 2 atom stereocenters. The van der Waals surface area contributed by atoms with Crippen LogP contribution in [0, 0.1) is 0 Å². The van der Waals surface area contributed by atoms with Crippen LogP contribution in [0.15, 0.2) is 22.8 Å². The summed E-state index contributed by atoms with van der Waals surface area (Å²) < 4.78 is 10.8. The molecule has 3 aliphatic heterocycles. The van der Waals surface area contributed by atoms with Crippen molar-refractivity contribution in [1.29, 1.82) is 0 Å². The number of piperidine rings is 1. The lowest BCUT2D eigenvalue weighted by Crippen LogP contribution is -2.53. The second-order valence-electron chi connectivity index (χ2n) is 6.97. The lowest BCUT2D eigenvalue weighted by atomic mass is 9.84. The van der Waals surface area contributed by atoms with Crippen molar-refractivity contribution < 1.29 is 19.1 Å². The van der Waals surface area contributed by atoms with Gasteiger partial charge < -0.3 is 19.2 Å². The van der Waals surface area contributed by atoms with Crippen LogP contribution in [0.5, 0.6) is 0 Å². The van der Waals surface area contributed by atoms with E-state index in [-0.39, 0.29) is 18.0 Å². The molecule has 0 spiro atoms. The number of carbonyl (C=O) groups excluding carboxylic acids is 1. The standard InChI is InChI=1S/C17H24N2O4/c20-16(18-5-8-22-9-6-18)12-19-13-3-4-14(19)11-17(21,10-13)15-2-1-7-23-15/h1-2,7,13-14,21H,3-6,8-12H2/t13-,14-/m0/s1. The Balaban J connectivity index is 1.43. The minimum atomic E-state index is -0.881. The summed E-state index contributed by atoms with van der Waals surface area (Å²) in [6.45, 7) is 3.12. The highest BCUT2D eigenvalue weighted by atomic mass is 16.5. The predicted octanol–water partition coefficient (Wildman–Crippen LogP) is 0.953. The Labute approximate surface area is 136 Å². The molecule has 2 bridgehead atoms. The van der Waals surface area contributed by atoms with E-state index >= 15 is 0 Å². The van der Waals surface area contributed by atoms with Crippen LogP contribution in [0.2, 0.25) is 0 Å². The van der Waals surface area contributed by atoms with E-state index in [1.54, 1.807) is 6.26 Å². The van der Waals surface area contributed by atoms with E-state index in [9.17, 15) is 9.90 Å². The predicted molar refractivity (Wildman–Crippen MR) is 82.8 cm³/mol. The largest absolute Gasteiger partial charge is 0.466 e. The van der Waals surface area contributed by atoms with Crippen LogP contribution in [0.3, 0.4) is 0 Å². The molecule has 1 aromatic rings. The molecule has 0 unspecified atom stereocenters. The number of morpholine rings is 1. The number of amides is 1. The maximum atomic E-state index is 12.5. The van der Waals surface area contributed by atoms with Gasteiger partial charge in [-0.1, -0.05) is 0 Å². The molecule has 3 fully saturated rings. The number of fused-ring (bicyclic) bond motifs is 2. The fraction of sp³-hybridized carbons (Fsp3) is 0.706. The number of furan rings is 1. The van der Waals surface area contributed by atoms with Crippen molar-refractivity contribution in [3.05, 3.63) is 24.2 Å². The van der Waals surface area contributed by atoms with Gasteiger partial charge in [0.15, 0.2) is 0 Å². The van der Waals surface area contributed by atoms with Gasteiger partial charge in [0.2, 0.25) is 5.91 Å². The first-order valence-corrected chi connectivity index (χ1v) is 8.53. The molecule has 3 aliphatic rings. The quantitative estimate of drug-likeness (QED) is 0.898. The van der Waals surface area contributed by atoms with Gasteiger partial charge in [-0.15, -0.1) is 0 Å². The maximum Gasteiger partial charge on any atom is 0.236 e. The van der Waals surface area contributed by atoms with E-state index in [1.165, 1.54) is 0 Å². The van der Waals surface area contributed by atoms with Crippen LogP contribution in [-0.2, 0) is 15.1 Å². The average molecular weight is 320 g/mol. The minimum absolute atomic E-state index is 0.189. The van der Waals surface area contributed by atoms with Crippen molar-refractivity contribution in [1.82, 2.24) is 9.80 Å². The first kappa shape index (κ1) is 15.2. The zero-order chi connectivity index (χ0) is 15.9. The highest BCUT2D eigenvalue weighted by Gasteiger charge is 2.50. The molecule has 3 saturated heterocycles. The fourth-order valence-electron chi connectivity index (χ4n) is 4.39. The Morgan fingerprint density at radius 2 is 1.96 bits per heavy atom. The molecule has 4 rings (SSSR count). The third-order valence-corrected chi connectivity index (χ3v) is 5.58. The summed E-state index contributed by atoms with van der Waals surface area (Å²) in [5.74, 6) is 0.849. The van der Waals surface area contributed by atoms with Gasteiger partial charge in [-0.05, 0) is 37.8 Å². The summed E-state index contributed by atoms with van der Waals surface area (Å²) in [5.41, 5.74) is -0.881. The van der Waals surface area contributed by atoms with E-state index in [2.05, 4.69) is 4.90 Å². The van der Waals surface area contributed by atoms with Crippen LogP contribution < -0.4 is 0 Å². The van der Waals surface area contributed by atoms with Crippen LogP contribution in [0.25, 0.3) is 0 Å². The Kier molecular flexibility index (Phi) is 3.91. The number of ether oxygens (including phenoxy) is 1. The van der Waals surface area contributed by atoms with Gasteiger partial charge in [-0.25, -0.2) is 0 Å². The highest BCUT2D eigenvalue weighted by molar-refractivity contribution is 5.78. The smallest absolute Gasteiger partial charge is 0.236 e. The van der Waals surface area contributed by atoms with Gasteiger partial charge in [-0.2, -0.15) is 0 Å². The van der Waals surface area contributed by atoms with Crippen LogP contribution >= 0.6 is 0 Å². The molecule has 126 valence electrons. The number of nitrogens with zero attached hydrogens (tertiary/aromatic N) is 2. The van der Waals surface area contributed by atoms with Gasteiger partial charge in [-0.3, -0.25) is 9.69 Å². The molecule has 0 aliphatic carbocycles. The molecule has 6 nitrogen and oxygen atoms in total. The van der Waals surface area contributed by atoms with Gasteiger partial charge in [0.25, 0.3) is 0 Å². The van der Waals surface area contributed by atoms with Crippen molar-refractivity contribution in [2.45, 2.75) is 43.4 Å². The van der Waals surface area contributed by atoms with Gasteiger partial charge in [0, 0.05) is 25.2 Å². The van der Waals surface area contributed by atoms with Gasteiger partial charge >= 0.3 is 0 Å². The molecule has 0 aromatic carbocycles. The second kappa shape index (κ2) is 5.92. The topological polar surface area (TPSA) is 66.2 Å². The molecular formula is C17H24N2O4. The number of hydrogen-bond acceptors (Lipinski definition) is 5. The lowest BCUT2D eigenvalue weighted by Gasteiger charge is -2.43. The van der Waals surface area contributed by atoms with Gasteiger partial charge in [0.05, 0.1) is 26.0 Å².